The maximum atomic E-state index is 10.8. The van der Waals surface area contributed by atoms with Crippen molar-refractivity contribution in [3.63, 3.8) is 0 Å². The van der Waals surface area contributed by atoms with Crippen molar-refractivity contribution in [3.8, 4) is 0 Å². The number of aryl methyl sites for hydroxylation is 1. The van der Waals surface area contributed by atoms with E-state index in [2.05, 4.69) is 12.1 Å². The Kier molecular flexibility index (Phi) is 5.66. The van der Waals surface area contributed by atoms with Gasteiger partial charge in [0.25, 0.3) is 0 Å². The molecule has 0 amide bonds. The summed E-state index contributed by atoms with van der Waals surface area (Å²) < 4.78 is 0. The van der Waals surface area contributed by atoms with Gasteiger partial charge in [0.05, 0.1) is 6.61 Å². The lowest BCUT2D eigenvalue weighted by Gasteiger charge is -2.22. The second-order valence-electron chi connectivity index (χ2n) is 4.11. The van der Waals surface area contributed by atoms with Crippen molar-refractivity contribution >= 4 is 5.97 Å². The monoisotopic (exact) mass is 237 g/mol. The lowest BCUT2D eigenvalue weighted by atomic mass is 10.1. The lowest BCUT2D eigenvalue weighted by molar-refractivity contribution is -0.144. The van der Waals surface area contributed by atoms with Crippen LogP contribution < -0.4 is 0 Å². The number of hydrogen-bond donors (Lipinski definition) is 2. The highest BCUT2D eigenvalue weighted by Crippen LogP contribution is 2.04. The largest absolute Gasteiger partial charge is 0.480 e. The Morgan fingerprint density at radius 1 is 1.35 bits per heavy atom. The van der Waals surface area contributed by atoms with Gasteiger partial charge in [0, 0.05) is 0 Å². The van der Waals surface area contributed by atoms with Gasteiger partial charge < -0.3 is 10.2 Å². The highest BCUT2D eigenvalue weighted by atomic mass is 16.4. The van der Waals surface area contributed by atoms with E-state index in [0.717, 1.165) is 12.8 Å². The third-order valence-corrected chi connectivity index (χ3v) is 2.81. The molecular formula is C13H19NO3. The van der Waals surface area contributed by atoms with E-state index in [-0.39, 0.29) is 6.61 Å². The summed E-state index contributed by atoms with van der Waals surface area (Å²) in [4.78, 5) is 12.5. The Hall–Kier alpha value is -1.39. The first-order chi connectivity index (χ1) is 8.15. The molecule has 2 N–H and O–H groups in total. The maximum absolute atomic E-state index is 10.8. The molecule has 1 aromatic rings. The van der Waals surface area contributed by atoms with E-state index in [0.29, 0.717) is 6.54 Å². The van der Waals surface area contributed by atoms with Crippen LogP contribution >= 0.6 is 0 Å². The number of aliphatic carboxylic acids is 1. The SMILES string of the molecule is CN(CCCc1ccccc1)C(CO)C(=O)O. The fourth-order valence-corrected chi connectivity index (χ4v) is 1.74. The van der Waals surface area contributed by atoms with Crippen LogP contribution in [-0.2, 0) is 11.2 Å². The Labute approximate surface area is 101 Å². The van der Waals surface area contributed by atoms with Crippen molar-refractivity contribution in [2.45, 2.75) is 18.9 Å². The zero-order valence-corrected chi connectivity index (χ0v) is 10.0. The van der Waals surface area contributed by atoms with Gasteiger partial charge in [-0.2, -0.15) is 0 Å². The van der Waals surface area contributed by atoms with Gasteiger partial charge in [-0.1, -0.05) is 30.3 Å². The number of carboxylic acid groups (broad SMARTS) is 1. The molecule has 1 atom stereocenters. The summed E-state index contributed by atoms with van der Waals surface area (Å²) in [6, 6.07) is 9.27. The minimum absolute atomic E-state index is 0.350. The number of carboxylic acids is 1. The normalized spacial score (nSPS) is 12.6. The number of nitrogens with zero attached hydrogens (tertiary/aromatic N) is 1. The van der Waals surface area contributed by atoms with Crippen molar-refractivity contribution in [2.75, 3.05) is 20.2 Å². The molecule has 0 fully saturated rings. The molecule has 0 spiro atoms. The summed E-state index contributed by atoms with van der Waals surface area (Å²) in [5.74, 6) is -0.977. The zero-order valence-electron chi connectivity index (χ0n) is 10.0. The van der Waals surface area contributed by atoms with Gasteiger partial charge in [0.15, 0.2) is 0 Å². The van der Waals surface area contributed by atoms with Crippen LogP contribution in [0.2, 0.25) is 0 Å². The molecule has 1 unspecified atom stereocenters. The molecule has 17 heavy (non-hydrogen) atoms. The molecule has 1 rings (SSSR count). The first-order valence-electron chi connectivity index (χ1n) is 5.73. The molecule has 0 aliphatic heterocycles. The molecule has 0 aliphatic rings. The molecule has 0 heterocycles. The first kappa shape index (κ1) is 13.7. The van der Waals surface area contributed by atoms with Gasteiger partial charge in [0.2, 0.25) is 0 Å². The van der Waals surface area contributed by atoms with Crippen LogP contribution in [0.3, 0.4) is 0 Å². The summed E-state index contributed by atoms with van der Waals surface area (Å²) in [5, 5.41) is 17.8. The van der Waals surface area contributed by atoms with Gasteiger partial charge in [-0.3, -0.25) is 9.69 Å². The fraction of sp³-hybridized carbons (Fsp3) is 0.462. The van der Waals surface area contributed by atoms with E-state index < -0.39 is 12.0 Å². The molecule has 0 aromatic heterocycles. The zero-order chi connectivity index (χ0) is 12.7. The Morgan fingerprint density at radius 3 is 2.53 bits per heavy atom. The molecule has 4 heteroatoms. The van der Waals surface area contributed by atoms with Crippen LogP contribution in [0.15, 0.2) is 30.3 Å². The van der Waals surface area contributed by atoms with Gasteiger partial charge >= 0.3 is 5.97 Å². The average Bonchev–Trinajstić information content (AvgIpc) is 2.30. The third kappa shape index (κ3) is 4.54. The van der Waals surface area contributed by atoms with E-state index >= 15 is 0 Å². The topological polar surface area (TPSA) is 60.8 Å². The standard InChI is InChI=1S/C13H19NO3/c1-14(12(10-15)13(16)17)9-5-8-11-6-3-2-4-7-11/h2-4,6-7,12,15H,5,8-10H2,1H3,(H,16,17). The van der Waals surface area contributed by atoms with Crippen LogP contribution in [0, 0.1) is 0 Å². The van der Waals surface area contributed by atoms with Gasteiger partial charge in [-0.25, -0.2) is 0 Å². The van der Waals surface area contributed by atoms with E-state index in [1.807, 2.05) is 18.2 Å². The summed E-state index contributed by atoms with van der Waals surface area (Å²) in [7, 11) is 1.72. The number of rotatable bonds is 7. The van der Waals surface area contributed by atoms with Crippen molar-refractivity contribution in [1.82, 2.24) is 4.90 Å². The molecule has 0 saturated carbocycles. The smallest absolute Gasteiger partial charge is 0.323 e. The van der Waals surface area contributed by atoms with E-state index in [9.17, 15) is 4.79 Å². The van der Waals surface area contributed by atoms with E-state index in [1.165, 1.54) is 5.56 Å². The summed E-state index contributed by atoms with van der Waals surface area (Å²) in [5.41, 5.74) is 1.25. The first-order valence-corrected chi connectivity index (χ1v) is 5.73. The highest BCUT2D eigenvalue weighted by Gasteiger charge is 2.20. The summed E-state index contributed by atoms with van der Waals surface area (Å²) >= 11 is 0. The quantitative estimate of drug-likeness (QED) is 0.742. The summed E-state index contributed by atoms with van der Waals surface area (Å²) in [6.45, 7) is 0.309. The van der Waals surface area contributed by atoms with Gasteiger partial charge in [0.1, 0.15) is 6.04 Å². The molecule has 0 aliphatic carbocycles. The number of likely N-dealkylation sites (N-methyl/N-ethyl adjacent to an activating group) is 1. The highest BCUT2D eigenvalue weighted by molar-refractivity contribution is 5.73. The molecule has 94 valence electrons. The predicted octanol–water partition coefficient (Wildman–Crippen LogP) is 0.996. The van der Waals surface area contributed by atoms with Crippen LogP contribution in [-0.4, -0.2) is 47.3 Å². The predicted molar refractivity (Wildman–Crippen MR) is 65.9 cm³/mol. The fourth-order valence-electron chi connectivity index (χ4n) is 1.74. The van der Waals surface area contributed by atoms with E-state index in [4.69, 9.17) is 10.2 Å². The van der Waals surface area contributed by atoms with Crippen LogP contribution in [0.5, 0.6) is 0 Å². The van der Waals surface area contributed by atoms with Gasteiger partial charge in [-0.05, 0) is 32.0 Å². The maximum Gasteiger partial charge on any atom is 0.323 e. The number of benzene rings is 1. The minimum atomic E-state index is -0.977. The van der Waals surface area contributed by atoms with Crippen molar-refractivity contribution in [3.05, 3.63) is 35.9 Å². The van der Waals surface area contributed by atoms with Crippen molar-refractivity contribution in [1.29, 1.82) is 0 Å². The second-order valence-corrected chi connectivity index (χ2v) is 4.11. The Bertz CT molecular complexity index is 340. The van der Waals surface area contributed by atoms with Crippen molar-refractivity contribution in [2.24, 2.45) is 0 Å². The Morgan fingerprint density at radius 2 is 2.00 bits per heavy atom. The number of aliphatic hydroxyl groups is 1. The van der Waals surface area contributed by atoms with Crippen molar-refractivity contribution < 1.29 is 15.0 Å². The Balaban J connectivity index is 2.33. The summed E-state index contributed by atoms with van der Waals surface area (Å²) in [6.07, 6.45) is 1.80. The van der Waals surface area contributed by atoms with Gasteiger partial charge in [-0.15, -0.1) is 0 Å². The second kappa shape index (κ2) is 7.04. The van der Waals surface area contributed by atoms with Crippen LogP contribution in [0.1, 0.15) is 12.0 Å². The lowest BCUT2D eigenvalue weighted by Crippen LogP contribution is -2.41. The van der Waals surface area contributed by atoms with Crippen LogP contribution in [0.4, 0.5) is 0 Å². The van der Waals surface area contributed by atoms with E-state index in [1.54, 1.807) is 11.9 Å². The molecule has 1 aromatic carbocycles. The molecule has 0 bridgehead atoms. The molecule has 0 saturated heterocycles. The minimum Gasteiger partial charge on any atom is -0.480 e. The van der Waals surface area contributed by atoms with Crippen LogP contribution in [0.25, 0.3) is 0 Å². The third-order valence-electron chi connectivity index (χ3n) is 2.81. The molecular weight excluding hydrogens is 218 g/mol. The average molecular weight is 237 g/mol. The molecule has 4 nitrogen and oxygen atoms in total. The number of carbonyl (C=O) groups is 1. The molecule has 0 radical (unpaired) electrons. The number of aliphatic hydroxyl groups excluding tert-OH is 1. The number of hydrogen-bond acceptors (Lipinski definition) is 3.